The molecule has 0 fully saturated rings. The van der Waals surface area contributed by atoms with E-state index in [-0.39, 0.29) is 0 Å². The highest BCUT2D eigenvalue weighted by Gasteiger charge is 2.25. The van der Waals surface area contributed by atoms with E-state index >= 15 is 0 Å². The second kappa shape index (κ2) is 15.5. The van der Waals surface area contributed by atoms with Crippen LogP contribution in [0.3, 0.4) is 0 Å². The highest BCUT2D eigenvalue weighted by Crippen LogP contribution is 2.49. The minimum absolute atomic E-state index is 0.650. The van der Waals surface area contributed by atoms with E-state index in [1.165, 1.54) is 0 Å². The highest BCUT2D eigenvalue weighted by molar-refractivity contribution is 6.09. The predicted molar refractivity (Wildman–Crippen MR) is 251 cm³/mol. The van der Waals surface area contributed by atoms with Gasteiger partial charge in [0.15, 0.2) is 5.82 Å². The van der Waals surface area contributed by atoms with Crippen LogP contribution in [-0.2, 0) is 0 Å². The van der Waals surface area contributed by atoms with Crippen LogP contribution in [0.4, 0.5) is 0 Å². The normalized spacial score (nSPS) is 11.3. The number of fused-ring (bicyclic) bond motifs is 3. The van der Waals surface area contributed by atoms with Crippen LogP contribution in [0.5, 0.6) is 0 Å². The van der Waals surface area contributed by atoms with Gasteiger partial charge < -0.3 is 4.42 Å². The molecule has 0 saturated carbocycles. The van der Waals surface area contributed by atoms with E-state index in [1.807, 2.05) is 36.4 Å². The van der Waals surface area contributed by atoms with Gasteiger partial charge in [-0.15, -0.1) is 0 Å². The van der Waals surface area contributed by atoms with Crippen molar-refractivity contribution in [1.29, 1.82) is 0 Å². The van der Waals surface area contributed by atoms with Crippen molar-refractivity contribution in [2.45, 2.75) is 0 Å². The van der Waals surface area contributed by atoms with Gasteiger partial charge >= 0.3 is 0 Å². The number of pyridine rings is 1. The number of aromatic nitrogens is 3. The first-order valence-electron chi connectivity index (χ1n) is 20.5. The summed E-state index contributed by atoms with van der Waals surface area (Å²) in [5.74, 6) is 0.650. The van der Waals surface area contributed by atoms with E-state index in [0.29, 0.717) is 5.82 Å². The molecule has 0 amide bonds. The van der Waals surface area contributed by atoms with Crippen LogP contribution in [-0.4, -0.2) is 15.0 Å². The van der Waals surface area contributed by atoms with Crippen LogP contribution in [0.25, 0.3) is 112 Å². The van der Waals surface area contributed by atoms with Gasteiger partial charge in [0.1, 0.15) is 11.2 Å². The van der Waals surface area contributed by atoms with Crippen molar-refractivity contribution >= 4 is 21.9 Å². The lowest BCUT2D eigenvalue weighted by atomic mass is 9.83. The van der Waals surface area contributed by atoms with Crippen molar-refractivity contribution in [3.63, 3.8) is 0 Å². The Labute approximate surface area is 354 Å². The van der Waals surface area contributed by atoms with Gasteiger partial charge in [-0.25, -0.2) is 15.0 Å². The van der Waals surface area contributed by atoms with E-state index in [4.69, 9.17) is 19.4 Å². The number of benzene rings is 8. The zero-order valence-corrected chi connectivity index (χ0v) is 33.1. The fourth-order valence-corrected chi connectivity index (χ4v) is 8.46. The predicted octanol–water partition coefficient (Wildman–Crippen LogP) is 15.1. The van der Waals surface area contributed by atoms with Crippen molar-refractivity contribution < 1.29 is 4.42 Å². The molecule has 0 aliphatic heterocycles. The van der Waals surface area contributed by atoms with E-state index in [2.05, 4.69) is 188 Å². The molecular weight excluding hydrogens is 743 g/mol. The molecule has 0 aliphatic rings. The molecule has 11 rings (SSSR count). The number of hydrogen-bond donors (Lipinski definition) is 0. The second-order valence-electron chi connectivity index (χ2n) is 15.1. The maximum absolute atomic E-state index is 6.51. The molecule has 0 bridgehead atoms. The maximum Gasteiger partial charge on any atom is 0.160 e. The second-order valence-corrected chi connectivity index (χ2v) is 15.1. The van der Waals surface area contributed by atoms with Gasteiger partial charge in [0.25, 0.3) is 0 Å². The Balaban J connectivity index is 1.15. The SMILES string of the molecule is c1ccc(-c2nc(-c3ccc(-c4c(-c5ccccc5)c(-c5ccccc5)nc(-c5ccccc5)c4-c4ccccc4)cc3)cc(-c3cccc4c3oc3ccccc34)n2)cc1. The minimum atomic E-state index is 0.650. The molecule has 3 aromatic heterocycles. The topological polar surface area (TPSA) is 51.8 Å². The molecule has 3 heterocycles. The average Bonchev–Trinajstić information content (AvgIpc) is 3.74. The average molecular weight is 780 g/mol. The van der Waals surface area contributed by atoms with Crippen LogP contribution in [0.1, 0.15) is 0 Å². The lowest BCUT2D eigenvalue weighted by molar-refractivity contribution is 0.670. The number of nitrogens with zero attached hydrogens (tertiary/aromatic N) is 3. The standard InChI is InChI=1S/C57H37N3O/c1-6-19-39(20-7-1)52-51(53(40-21-8-2-9-22-40)55(43-25-12-4-13-26-43)60-54(52)42-23-10-3-11-24-42)41-35-33-38(34-36-41)48-37-49(59-57(58-48)44-27-14-5-15-28-44)47-31-18-30-46-45-29-16-17-32-50(45)61-56(46)47/h1-37H. The number of furan rings is 1. The summed E-state index contributed by atoms with van der Waals surface area (Å²) in [6.07, 6.45) is 0. The van der Waals surface area contributed by atoms with Gasteiger partial charge in [-0.3, -0.25) is 0 Å². The molecule has 61 heavy (non-hydrogen) atoms. The molecule has 0 radical (unpaired) electrons. The third-order valence-corrected chi connectivity index (χ3v) is 11.3. The molecule has 0 spiro atoms. The molecule has 11 aromatic rings. The van der Waals surface area contributed by atoms with Crippen LogP contribution < -0.4 is 0 Å². The van der Waals surface area contributed by atoms with E-state index in [1.54, 1.807) is 0 Å². The molecule has 286 valence electrons. The van der Waals surface area contributed by atoms with Crippen LogP contribution >= 0.6 is 0 Å². The number of rotatable bonds is 8. The summed E-state index contributed by atoms with van der Waals surface area (Å²) in [6.45, 7) is 0. The van der Waals surface area contributed by atoms with Gasteiger partial charge in [0.05, 0.1) is 22.8 Å². The molecule has 8 aromatic carbocycles. The van der Waals surface area contributed by atoms with Gasteiger partial charge in [0.2, 0.25) is 0 Å². The van der Waals surface area contributed by atoms with Crippen molar-refractivity contribution in [2.75, 3.05) is 0 Å². The fourth-order valence-electron chi connectivity index (χ4n) is 8.46. The lowest BCUT2D eigenvalue weighted by Gasteiger charge is -2.23. The van der Waals surface area contributed by atoms with E-state index in [9.17, 15) is 0 Å². The number of hydrogen-bond acceptors (Lipinski definition) is 4. The summed E-state index contributed by atoms with van der Waals surface area (Å²) >= 11 is 0. The molecule has 0 atom stereocenters. The lowest BCUT2D eigenvalue weighted by Crippen LogP contribution is -2.01. The first kappa shape index (κ1) is 35.9. The smallest absolute Gasteiger partial charge is 0.160 e. The van der Waals surface area contributed by atoms with E-state index < -0.39 is 0 Å². The monoisotopic (exact) mass is 779 g/mol. The Kier molecular flexibility index (Phi) is 9.14. The van der Waals surface area contributed by atoms with Crippen LogP contribution in [0.2, 0.25) is 0 Å². The molecule has 4 heteroatoms. The summed E-state index contributed by atoms with van der Waals surface area (Å²) < 4.78 is 6.51. The maximum atomic E-state index is 6.51. The summed E-state index contributed by atoms with van der Waals surface area (Å²) in [5, 5.41) is 2.14. The van der Waals surface area contributed by atoms with Crippen molar-refractivity contribution in [1.82, 2.24) is 15.0 Å². The first-order chi connectivity index (χ1) is 30.3. The zero-order valence-electron chi connectivity index (χ0n) is 33.1. The fraction of sp³-hybridized carbons (Fsp3) is 0. The van der Waals surface area contributed by atoms with Gasteiger partial charge in [-0.1, -0.05) is 206 Å². The van der Waals surface area contributed by atoms with Crippen molar-refractivity contribution in [3.05, 3.63) is 224 Å². The first-order valence-corrected chi connectivity index (χ1v) is 20.5. The molecule has 0 unspecified atom stereocenters. The molecule has 0 N–H and O–H groups in total. The quantitative estimate of drug-likeness (QED) is 0.154. The molecular formula is C57H37N3O. The summed E-state index contributed by atoms with van der Waals surface area (Å²) in [6, 6.07) is 77.9. The molecule has 0 aliphatic carbocycles. The third-order valence-electron chi connectivity index (χ3n) is 11.3. The van der Waals surface area contributed by atoms with Gasteiger partial charge in [-0.2, -0.15) is 0 Å². The summed E-state index contributed by atoms with van der Waals surface area (Å²) in [7, 11) is 0. The largest absolute Gasteiger partial charge is 0.455 e. The highest BCUT2D eigenvalue weighted by atomic mass is 16.3. The summed E-state index contributed by atoms with van der Waals surface area (Å²) in [5.41, 5.74) is 16.6. The molecule has 4 nitrogen and oxygen atoms in total. The van der Waals surface area contributed by atoms with E-state index in [0.717, 1.165) is 106 Å². The van der Waals surface area contributed by atoms with Crippen molar-refractivity contribution in [3.8, 4) is 89.8 Å². The summed E-state index contributed by atoms with van der Waals surface area (Å²) in [4.78, 5) is 16.0. The number of para-hydroxylation sites is 2. The zero-order chi connectivity index (χ0) is 40.5. The third kappa shape index (κ3) is 6.67. The van der Waals surface area contributed by atoms with Crippen molar-refractivity contribution in [2.24, 2.45) is 0 Å². The Bertz CT molecular complexity index is 3210. The van der Waals surface area contributed by atoms with Crippen LogP contribution in [0.15, 0.2) is 229 Å². The minimum Gasteiger partial charge on any atom is -0.455 e. The Morgan fingerprint density at radius 2 is 0.738 bits per heavy atom. The molecule has 0 saturated heterocycles. The Morgan fingerprint density at radius 1 is 0.295 bits per heavy atom. The Hall–Kier alpha value is -8.21. The Morgan fingerprint density at radius 3 is 1.31 bits per heavy atom. The van der Waals surface area contributed by atoms with Gasteiger partial charge in [0, 0.05) is 55.3 Å². The van der Waals surface area contributed by atoms with Gasteiger partial charge in [-0.05, 0) is 34.9 Å². The van der Waals surface area contributed by atoms with Crippen LogP contribution in [0, 0.1) is 0 Å².